The van der Waals surface area contributed by atoms with E-state index in [2.05, 4.69) is 25.6 Å². The van der Waals surface area contributed by atoms with Gasteiger partial charge in [-0.1, -0.05) is 41.9 Å². The molecule has 6 aromatic rings. The Bertz CT molecular complexity index is 1920. The second-order valence-corrected chi connectivity index (χ2v) is 10.8. The zero-order valence-electron chi connectivity index (χ0n) is 24.1. The summed E-state index contributed by atoms with van der Waals surface area (Å²) < 4.78 is 19.0. The summed E-state index contributed by atoms with van der Waals surface area (Å²) in [6.45, 7) is 0.161. The van der Waals surface area contributed by atoms with Crippen molar-refractivity contribution < 1.29 is 13.9 Å². The number of carbonyl (C=O) groups is 1. The molecule has 6 rings (SSSR count). The number of aromatic nitrogens is 8. The number of pyridine rings is 2. The van der Waals surface area contributed by atoms with E-state index in [1.807, 2.05) is 48.7 Å². The molecule has 4 aromatic heterocycles. The molecule has 0 saturated carbocycles. The number of hydrogen-bond donors (Lipinski definition) is 0. The number of aryl methyl sites for hydroxylation is 1. The maximum Gasteiger partial charge on any atom is 0.222 e. The highest BCUT2D eigenvalue weighted by atomic mass is 35.5. The third-order valence-electron chi connectivity index (χ3n) is 7.52. The highest BCUT2D eigenvalue weighted by molar-refractivity contribution is 6.31. The van der Waals surface area contributed by atoms with E-state index in [1.165, 1.54) is 23.3 Å². The van der Waals surface area contributed by atoms with Crippen molar-refractivity contribution in [1.29, 1.82) is 0 Å². The van der Waals surface area contributed by atoms with Crippen LogP contribution in [0.1, 0.15) is 23.7 Å². The van der Waals surface area contributed by atoms with Crippen LogP contribution >= 0.6 is 11.6 Å². The lowest BCUT2D eigenvalue weighted by Gasteiger charge is -2.24. The van der Waals surface area contributed by atoms with E-state index in [9.17, 15) is 10.0 Å². The van der Waals surface area contributed by atoms with Crippen molar-refractivity contribution in [3.8, 4) is 27.9 Å². The molecule has 2 aromatic carbocycles. The molecule has 0 radical (unpaired) electrons. The molecule has 45 heavy (non-hydrogen) atoms. The Morgan fingerprint density at radius 1 is 1.04 bits per heavy atom. The minimum Gasteiger partial charge on any atom is -0.618 e. The first-order valence-corrected chi connectivity index (χ1v) is 14.4. The van der Waals surface area contributed by atoms with Crippen LogP contribution in [-0.2, 0) is 11.2 Å². The topological polar surface area (TPSA) is 122 Å². The van der Waals surface area contributed by atoms with Gasteiger partial charge in [-0.25, -0.2) is 4.39 Å². The first-order chi connectivity index (χ1) is 21.9. The van der Waals surface area contributed by atoms with Gasteiger partial charge in [0.1, 0.15) is 6.33 Å². The quantitative estimate of drug-likeness (QED) is 0.160. The van der Waals surface area contributed by atoms with E-state index >= 15 is 4.39 Å². The Kier molecular flexibility index (Phi) is 8.56. The molecule has 13 heteroatoms. The molecule has 0 aliphatic rings. The van der Waals surface area contributed by atoms with Crippen molar-refractivity contribution >= 4 is 17.5 Å². The molecule has 1 amide bonds. The molecule has 1 unspecified atom stereocenters. The minimum atomic E-state index is -0.716. The summed E-state index contributed by atoms with van der Waals surface area (Å²) in [5, 5.41) is 29.3. The Hall–Kier alpha value is -5.49. The number of hydrogen-bond acceptors (Lipinski definition) is 7. The van der Waals surface area contributed by atoms with Gasteiger partial charge in [-0.3, -0.25) is 14.5 Å². The number of halogens is 2. The summed E-state index contributed by atoms with van der Waals surface area (Å²) in [5.41, 5.74) is 3.73. The molecule has 226 valence electrons. The highest BCUT2D eigenvalue weighted by Crippen LogP contribution is 2.33. The van der Waals surface area contributed by atoms with E-state index in [0.29, 0.717) is 29.0 Å². The smallest absolute Gasteiger partial charge is 0.222 e. The first-order valence-electron chi connectivity index (χ1n) is 14.1. The summed E-state index contributed by atoms with van der Waals surface area (Å²) in [6, 6.07) is 19.0. The third kappa shape index (κ3) is 6.41. The molecule has 4 heterocycles. The van der Waals surface area contributed by atoms with Gasteiger partial charge in [-0.15, -0.1) is 5.10 Å². The SMILES string of the molecule is CN(CC(c1ccc(-c2c(-n3cnnn3)ccc(Cl)c2F)c[n+]1[O-])n1cc(-c2ccncc2)cn1)C(=O)CCc1ccccc1. The summed E-state index contributed by atoms with van der Waals surface area (Å²) in [6.07, 6.45) is 10.4. The average Bonchev–Trinajstić information content (AvgIpc) is 3.78. The molecular weight excluding hydrogens is 597 g/mol. The molecular formula is C32H27ClFN9O2. The largest absolute Gasteiger partial charge is 0.618 e. The summed E-state index contributed by atoms with van der Waals surface area (Å²) in [4.78, 5) is 18.9. The number of likely N-dealkylation sites (N-methyl/N-ethyl adjacent to an activating group) is 1. The molecule has 0 spiro atoms. The normalized spacial score (nSPS) is 11.8. The van der Waals surface area contributed by atoms with Gasteiger partial charge in [0, 0.05) is 43.7 Å². The number of nitrogens with zero attached hydrogens (tertiary/aromatic N) is 9. The second-order valence-electron chi connectivity index (χ2n) is 10.4. The van der Waals surface area contributed by atoms with Crippen LogP contribution in [0.5, 0.6) is 0 Å². The highest BCUT2D eigenvalue weighted by Gasteiger charge is 2.28. The van der Waals surface area contributed by atoms with Gasteiger partial charge < -0.3 is 10.1 Å². The average molecular weight is 624 g/mol. The van der Waals surface area contributed by atoms with Gasteiger partial charge >= 0.3 is 0 Å². The van der Waals surface area contributed by atoms with E-state index in [-0.39, 0.29) is 28.6 Å². The van der Waals surface area contributed by atoms with Crippen LogP contribution in [0.25, 0.3) is 27.9 Å². The van der Waals surface area contributed by atoms with Crippen LogP contribution in [0, 0.1) is 11.0 Å². The fraction of sp³-hybridized carbons (Fsp3) is 0.156. The lowest BCUT2D eigenvalue weighted by Crippen LogP contribution is -2.41. The molecule has 0 aliphatic heterocycles. The predicted molar refractivity (Wildman–Crippen MR) is 165 cm³/mol. The summed E-state index contributed by atoms with van der Waals surface area (Å²) in [5.74, 6) is -0.793. The molecule has 0 bridgehead atoms. The van der Waals surface area contributed by atoms with Gasteiger partial charge in [0.15, 0.2) is 18.1 Å². The van der Waals surface area contributed by atoms with Crippen molar-refractivity contribution in [2.24, 2.45) is 0 Å². The molecule has 0 fully saturated rings. The van der Waals surface area contributed by atoms with Crippen LogP contribution in [-0.4, -0.2) is 59.4 Å². The van der Waals surface area contributed by atoms with Gasteiger partial charge in [-0.05, 0) is 58.3 Å². The Morgan fingerprint density at radius 3 is 2.58 bits per heavy atom. The Balaban J connectivity index is 1.35. The van der Waals surface area contributed by atoms with Crippen LogP contribution in [0.4, 0.5) is 4.39 Å². The van der Waals surface area contributed by atoms with Crippen LogP contribution in [0.3, 0.4) is 0 Å². The number of benzene rings is 2. The number of rotatable bonds is 10. The van der Waals surface area contributed by atoms with Gasteiger partial charge in [0.05, 0.1) is 34.6 Å². The van der Waals surface area contributed by atoms with Gasteiger partial charge in [0.25, 0.3) is 0 Å². The molecule has 0 aliphatic carbocycles. The standard InChI is InChI=1S/C32H27ClFN9O2/c1-40(30(44)12-7-22-5-3-2-4-6-22)20-29(41-18-25(17-37-41)23-13-15-35-16-14-23)27-10-8-24(19-43(27)45)31-28(42-21-36-38-39-42)11-9-26(33)32(31)34/h2-6,8-11,13-19,21,29H,7,12,20H2,1H3. The second kappa shape index (κ2) is 13.0. The molecule has 0 N–H and O–H groups in total. The Labute approximate surface area is 262 Å². The summed E-state index contributed by atoms with van der Waals surface area (Å²) >= 11 is 6.13. The van der Waals surface area contributed by atoms with Crippen LogP contribution in [0.2, 0.25) is 5.02 Å². The number of tetrazole rings is 1. The predicted octanol–water partition coefficient (Wildman–Crippen LogP) is 4.69. The zero-order valence-corrected chi connectivity index (χ0v) is 24.9. The fourth-order valence-corrected chi connectivity index (χ4v) is 5.30. The van der Waals surface area contributed by atoms with Crippen LogP contribution in [0.15, 0.2) is 104 Å². The van der Waals surface area contributed by atoms with E-state index < -0.39 is 11.9 Å². The third-order valence-corrected chi connectivity index (χ3v) is 7.81. The Morgan fingerprint density at radius 2 is 1.84 bits per heavy atom. The molecule has 11 nitrogen and oxygen atoms in total. The number of amides is 1. The van der Waals surface area contributed by atoms with Crippen molar-refractivity contribution in [3.63, 3.8) is 0 Å². The first kappa shape index (κ1) is 29.6. The van der Waals surface area contributed by atoms with Crippen molar-refractivity contribution in [2.45, 2.75) is 18.9 Å². The zero-order chi connectivity index (χ0) is 31.3. The van der Waals surface area contributed by atoms with Crippen LogP contribution < -0.4 is 4.73 Å². The van der Waals surface area contributed by atoms with Crippen molar-refractivity contribution in [1.82, 2.24) is 39.9 Å². The van der Waals surface area contributed by atoms with E-state index in [0.717, 1.165) is 16.7 Å². The minimum absolute atomic E-state index is 0.0646. The lowest BCUT2D eigenvalue weighted by molar-refractivity contribution is -0.615. The van der Waals surface area contributed by atoms with E-state index in [4.69, 9.17) is 11.6 Å². The molecule has 1 atom stereocenters. The van der Waals surface area contributed by atoms with Crippen molar-refractivity contribution in [2.75, 3.05) is 13.6 Å². The number of carbonyl (C=O) groups excluding carboxylic acids is 1. The summed E-state index contributed by atoms with van der Waals surface area (Å²) in [7, 11) is 1.71. The lowest BCUT2D eigenvalue weighted by atomic mass is 10.0. The molecule has 0 saturated heterocycles. The van der Waals surface area contributed by atoms with E-state index in [1.54, 1.807) is 53.4 Å². The maximum atomic E-state index is 15.4. The van der Waals surface area contributed by atoms with Crippen molar-refractivity contribution in [3.05, 3.63) is 131 Å². The van der Waals surface area contributed by atoms with Gasteiger partial charge in [-0.2, -0.15) is 14.5 Å². The fourth-order valence-electron chi connectivity index (χ4n) is 5.14. The monoisotopic (exact) mass is 623 g/mol. The maximum absolute atomic E-state index is 15.4. The van der Waals surface area contributed by atoms with Gasteiger partial charge in [0.2, 0.25) is 11.6 Å².